The molecule has 102 valence electrons. The molecule has 2 fully saturated rings. The van der Waals surface area contributed by atoms with Crippen molar-refractivity contribution >= 4 is 11.9 Å². The first-order chi connectivity index (χ1) is 8.81. The second kappa shape index (κ2) is 6.73. The highest BCUT2D eigenvalue weighted by molar-refractivity contribution is 6.06. The summed E-state index contributed by atoms with van der Waals surface area (Å²) in [6.45, 7) is 1.16. The number of nitrogens with one attached hydrogen (secondary N) is 2. The number of amides is 1. The van der Waals surface area contributed by atoms with Gasteiger partial charge in [0.05, 0.1) is 13.2 Å². The van der Waals surface area contributed by atoms with Gasteiger partial charge in [-0.05, 0) is 18.8 Å². The molecule has 2 N–H and O–H groups in total. The van der Waals surface area contributed by atoms with Gasteiger partial charge in [-0.3, -0.25) is 15.1 Å². The summed E-state index contributed by atoms with van der Waals surface area (Å²) >= 11 is 0. The highest BCUT2D eigenvalue weighted by Crippen LogP contribution is 2.26. The van der Waals surface area contributed by atoms with Gasteiger partial charge in [0.25, 0.3) is 0 Å². The van der Waals surface area contributed by atoms with Crippen molar-refractivity contribution in [3.8, 4) is 0 Å². The number of hydrogen-bond donors (Lipinski definition) is 2. The molecule has 1 saturated carbocycles. The summed E-state index contributed by atoms with van der Waals surface area (Å²) < 4.78 is 4.94. The first-order valence-electron chi connectivity index (χ1n) is 6.92. The molecule has 1 atom stereocenters. The second-order valence-electron chi connectivity index (χ2n) is 5.09. The number of guanidine groups is 1. The van der Waals surface area contributed by atoms with E-state index in [4.69, 9.17) is 4.74 Å². The van der Waals surface area contributed by atoms with Gasteiger partial charge in [0.15, 0.2) is 5.96 Å². The second-order valence-corrected chi connectivity index (χ2v) is 5.09. The monoisotopic (exact) mass is 253 g/mol. The molecule has 5 heteroatoms. The lowest BCUT2D eigenvalue weighted by molar-refractivity contribution is -0.121. The molecule has 1 heterocycles. The number of aliphatic imine (C=N–C) groups is 1. The fraction of sp³-hybridized carbons (Fsp3) is 0.846. The average molecular weight is 253 g/mol. The zero-order chi connectivity index (χ0) is 12.8. The first-order valence-corrected chi connectivity index (χ1v) is 6.92. The lowest BCUT2D eigenvalue weighted by Crippen LogP contribution is -2.37. The van der Waals surface area contributed by atoms with Crippen molar-refractivity contribution in [2.75, 3.05) is 20.3 Å². The van der Waals surface area contributed by atoms with Crippen LogP contribution in [-0.4, -0.2) is 38.2 Å². The molecule has 0 bridgehead atoms. The minimum Gasteiger partial charge on any atom is -0.383 e. The summed E-state index contributed by atoms with van der Waals surface area (Å²) in [4.78, 5) is 16.2. The zero-order valence-electron chi connectivity index (χ0n) is 11.1. The third-order valence-corrected chi connectivity index (χ3v) is 3.75. The molecule has 0 aromatic heterocycles. The van der Waals surface area contributed by atoms with Crippen LogP contribution in [0.4, 0.5) is 0 Å². The molecule has 0 aromatic carbocycles. The van der Waals surface area contributed by atoms with E-state index in [1.54, 1.807) is 7.11 Å². The normalized spacial score (nSPS) is 27.9. The summed E-state index contributed by atoms with van der Waals surface area (Å²) in [6, 6.07) is -0.0793. The number of nitrogens with zero attached hydrogens (tertiary/aromatic N) is 1. The lowest BCUT2D eigenvalue weighted by atomic mass is 9.92. The molecule has 0 spiro atoms. The van der Waals surface area contributed by atoms with E-state index in [1.165, 1.54) is 25.7 Å². The van der Waals surface area contributed by atoms with Gasteiger partial charge in [0.2, 0.25) is 5.91 Å². The number of carbonyl (C=O) groups is 1. The summed E-state index contributed by atoms with van der Waals surface area (Å²) in [5, 5.41) is 6.06. The minimum absolute atomic E-state index is 0.0793. The molecular formula is C13H23N3O2. The van der Waals surface area contributed by atoms with E-state index in [-0.39, 0.29) is 11.9 Å². The Hall–Kier alpha value is -1.10. The van der Waals surface area contributed by atoms with E-state index in [0.717, 1.165) is 12.8 Å². The van der Waals surface area contributed by atoms with Crippen molar-refractivity contribution in [3.63, 3.8) is 0 Å². The molecule has 18 heavy (non-hydrogen) atoms. The van der Waals surface area contributed by atoms with Gasteiger partial charge >= 0.3 is 0 Å². The Balaban J connectivity index is 1.89. The summed E-state index contributed by atoms with van der Waals surface area (Å²) in [7, 11) is 1.65. The standard InChI is InChI=1S/C13H23N3O2/c1-18-9-8-14-13-15-11(12(17)16-13)10-6-4-2-3-5-7-10/h10-11H,2-9H2,1H3,(H2,14,15,16,17). The minimum atomic E-state index is -0.0793. The summed E-state index contributed by atoms with van der Waals surface area (Å²) in [6.07, 6.45) is 7.39. The maximum Gasteiger partial charge on any atom is 0.249 e. The lowest BCUT2D eigenvalue weighted by Gasteiger charge is -2.19. The Bertz CT molecular complexity index is 309. The third kappa shape index (κ3) is 3.45. The van der Waals surface area contributed by atoms with Crippen LogP contribution < -0.4 is 10.6 Å². The van der Waals surface area contributed by atoms with Crippen LogP contribution in [-0.2, 0) is 9.53 Å². The van der Waals surface area contributed by atoms with Crippen molar-refractivity contribution in [2.45, 2.75) is 44.6 Å². The Labute approximate surface area is 108 Å². The van der Waals surface area contributed by atoms with Crippen LogP contribution in [0, 0.1) is 5.92 Å². The quantitative estimate of drug-likeness (QED) is 0.581. The Morgan fingerprint density at radius 3 is 2.67 bits per heavy atom. The average Bonchev–Trinajstić information content (AvgIpc) is 2.58. The highest BCUT2D eigenvalue weighted by atomic mass is 16.5. The van der Waals surface area contributed by atoms with E-state index in [1.807, 2.05) is 0 Å². The van der Waals surface area contributed by atoms with Crippen molar-refractivity contribution in [2.24, 2.45) is 10.9 Å². The molecule has 1 amide bonds. The Morgan fingerprint density at radius 2 is 2.00 bits per heavy atom. The first kappa shape index (κ1) is 13.3. The molecule has 2 rings (SSSR count). The predicted molar refractivity (Wildman–Crippen MR) is 70.4 cm³/mol. The maximum absolute atomic E-state index is 11.9. The molecule has 1 unspecified atom stereocenters. The largest absolute Gasteiger partial charge is 0.383 e. The predicted octanol–water partition coefficient (Wildman–Crippen LogP) is 1.05. The van der Waals surface area contributed by atoms with Crippen molar-refractivity contribution in [1.29, 1.82) is 0 Å². The number of methoxy groups -OCH3 is 1. The molecule has 1 aliphatic carbocycles. The number of rotatable bonds is 4. The molecule has 0 aromatic rings. The molecule has 5 nitrogen and oxygen atoms in total. The van der Waals surface area contributed by atoms with Crippen LogP contribution in [0.3, 0.4) is 0 Å². The molecule has 2 aliphatic rings. The van der Waals surface area contributed by atoms with Crippen LogP contribution >= 0.6 is 0 Å². The van der Waals surface area contributed by atoms with Crippen molar-refractivity contribution in [3.05, 3.63) is 0 Å². The zero-order valence-corrected chi connectivity index (χ0v) is 11.1. The molecule has 1 aliphatic heterocycles. The number of ether oxygens (including phenoxy) is 1. The highest BCUT2D eigenvalue weighted by Gasteiger charge is 2.34. The summed E-state index contributed by atoms with van der Waals surface area (Å²) in [5.41, 5.74) is 0. The van der Waals surface area contributed by atoms with Crippen LogP contribution in [0.2, 0.25) is 0 Å². The smallest absolute Gasteiger partial charge is 0.249 e. The SMILES string of the molecule is COCCN=C1NC(=O)C(C2CCCCCC2)N1. The van der Waals surface area contributed by atoms with Crippen LogP contribution in [0.1, 0.15) is 38.5 Å². The van der Waals surface area contributed by atoms with E-state index in [2.05, 4.69) is 15.6 Å². The van der Waals surface area contributed by atoms with Gasteiger partial charge in [0, 0.05) is 7.11 Å². The molecule has 1 saturated heterocycles. The fourth-order valence-electron chi connectivity index (χ4n) is 2.75. The number of hydrogen-bond acceptors (Lipinski definition) is 3. The topological polar surface area (TPSA) is 62.7 Å². The van der Waals surface area contributed by atoms with Gasteiger partial charge < -0.3 is 10.1 Å². The van der Waals surface area contributed by atoms with Crippen molar-refractivity contribution < 1.29 is 9.53 Å². The Morgan fingerprint density at radius 1 is 1.28 bits per heavy atom. The number of carbonyl (C=O) groups excluding carboxylic acids is 1. The maximum atomic E-state index is 11.9. The third-order valence-electron chi connectivity index (χ3n) is 3.75. The molecule has 0 radical (unpaired) electrons. The van der Waals surface area contributed by atoms with Gasteiger partial charge in [0.1, 0.15) is 6.04 Å². The molecular weight excluding hydrogens is 230 g/mol. The van der Waals surface area contributed by atoms with Crippen molar-refractivity contribution in [1.82, 2.24) is 10.6 Å². The van der Waals surface area contributed by atoms with Gasteiger partial charge in [-0.15, -0.1) is 0 Å². The van der Waals surface area contributed by atoms with E-state index in [9.17, 15) is 4.79 Å². The van der Waals surface area contributed by atoms with E-state index < -0.39 is 0 Å². The van der Waals surface area contributed by atoms with Gasteiger partial charge in [-0.2, -0.15) is 0 Å². The summed E-state index contributed by atoms with van der Waals surface area (Å²) in [5.74, 6) is 1.16. The van der Waals surface area contributed by atoms with Crippen LogP contribution in [0.25, 0.3) is 0 Å². The fourth-order valence-corrected chi connectivity index (χ4v) is 2.75. The van der Waals surface area contributed by atoms with Crippen LogP contribution in [0.15, 0.2) is 4.99 Å². The van der Waals surface area contributed by atoms with Gasteiger partial charge in [-0.25, -0.2) is 0 Å². The Kier molecular flexibility index (Phi) is 4.99. The van der Waals surface area contributed by atoms with E-state index >= 15 is 0 Å². The van der Waals surface area contributed by atoms with E-state index in [0.29, 0.717) is 25.0 Å². The van der Waals surface area contributed by atoms with Crippen LogP contribution in [0.5, 0.6) is 0 Å². The van der Waals surface area contributed by atoms with Gasteiger partial charge in [-0.1, -0.05) is 25.7 Å².